The van der Waals surface area contributed by atoms with Gasteiger partial charge in [-0.05, 0) is 24.1 Å². The summed E-state index contributed by atoms with van der Waals surface area (Å²) >= 11 is 0. The number of hydrogen-bond acceptors (Lipinski definition) is 4. The minimum absolute atomic E-state index is 0.185. The zero-order chi connectivity index (χ0) is 14.5. The number of aryl methyl sites for hydroxylation is 1. The second-order valence-electron chi connectivity index (χ2n) is 4.59. The van der Waals surface area contributed by atoms with Gasteiger partial charge < -0.3 is 14.8 Å². The lowest BCUT2D eigenvalue weighted by atomic mass is 10.0. The molecule has 0 radical (unpaired) electrons. The van der Waals surface area contributed by atoms with Crippen molar-refractivity contribution in [1.29, 1.82) is 0 Å². The largest absolute Gasteiger partial charge is 0.493 e. The topological polar surface area (TPSA) is 48.3 Å². The first-order valence-electron chi connectivity index (χ1n) is 6.66. The van der Waals surface area contributed by atoms with E-state index in [4.69, 9.17) is 9.47 Å². The number of hydrogen-bond donors (Lipinski definition) is 1. The van der Waals surface area contributed by atoms with E-state index in [0.717, 1.165) is 29.3 Å². The number of methoxy groups -OCH3 is 2. The molecular weight excluding hydrogens is 254 g/mol. The molecule has 1 aromatic carbocycles. The molecule has 0 saturated heterocycles. The number of anilines is 1. The molecule has 1 aromatic heterocycles. The van der Waals surface area contributed by atoms with Gasteiger partial charge in [0.05, 0.1) is 20.3 Å². The number of ether oxygens (including phenoxy) is 2. The van der Waals surface area contributed by atoms with E-state index in [0.29, 0.717) is 0 Å². The molecule has 108 valence electrons. The fourth-order valence-corrected chi connectivity index (χ4v) is 2.16. The molecule has 1 atom stereocenters. The molecule has 0 fully saturated rings. The van der Waals surface area contributed by atoms with Crippen molar-refractivity contribution >= 4 is 5.82 Å². The van der Waals surface area contributed by atoms with Crippen LogP contribution in [0.5, 0.6) is 11.5 Å². The first-order chi connectivity index (χ1) is 9.67. The summed E-state index contributed by atoms with van der Waals surface area (Å²) in [6.07, 6.45) is 2.87. The molecule has 1 N–H and O–H groups in total. The highest BCUT2D eigenvalue weighted by atomic mass is 16.5. The van der Waals surface area contributed by atoms with Crippen molar-refractivity contribution in [3.05, 3.63) is 36.0 Å². The molecule has 0 bridgehead atoms. The maximum atomic E-state index is 5.35. The lowest BCUT2D eigenvalue weighted by Crippen LogP contribution is -2.10. The Morgan fingerprint density at radius 1 is 1.20 bits per heavy atom. The van der Waals surface area contributed by atoms with Crippen molar-refractivity contribution in [3.63, 3.8) is 0 Å². The summed E-state index contributed by atoms with van der Waals surface area (Å²) in [7, 11) is 5.19. The molecule has 0 aliphatic rings. The molecule has 1 heterocycles. The highest BCUT2D eigenvalue weighted by Crippen LogP contribution is 2.31. The third-order valence-electron chi connectivity index (χ3n) is 3.25. The Labute approximate surface area is 119 Å². The van der Waals surface area contributed by atoms with E-state index in [2.05, 4.69) is 17.3 Å². The maximum absolute atomic E-state index is 5.35. The van der Waals surface area contributed by atoms with E-state index >= 15 is 0 Å². The highest BCUT2D eigenvalue weighted by molar-refractivity contribution is 5.46. The van der Waals surface area contributed by atoms with Gasteiger partial charge in [0.15, 0.2) is 11.5 Å². The predicted octanol–water partition coefficient (Wildman–Crippen LogP) is 3.00. The van der Waals surface area contributed by atoms with Crippen LogP contribution >= 0.6 is 0 Å². The minimum atomic E-state index is 0.185. The molecule has 5 heteroatoms. The van der Waals surface area contributed by atoms with E-state index < -0.39 is 0 Å². The monoisotopic (exact) mass is 275 g/mol. The zero-order valence-electron chi connectivity index (χ0n) is 12.4. The smallest absolute Gasteiger partial charge is 0.161 e. The molecule has 1 unspecified atom stereocenters. The normalized spacial score (nSPS) is 12.0. The SMILES string of the molecule is CCC(Nc1ccn(C)n1)c1ccc(OC)c(OC)c1. The molecule has 20 heavy (non-hydrogen) atoms. The zero-order valence-corrected chi connectivity index (χ0v) is 12.4. The Kier molecular flexibility index (Phi) is 4.50. The van der Waals surface area contributed by atoms with Gasteiger partial charge in [-0.15, -0.1) is 0 Å². The summed E-state index contributed by atoms with van der Waals surface area (Å²) < 4.78 is 12.4. The molecule has 0 saturated carbocycles. The Morgan fingerprint density at radius 3 is 2.50 bits per heavy atom. The third kappa shape index (κ3) is 3.04. The van der Waals surface area contributed by atoms with Crippen LogP contribution in [0.1, 0.15) is 24.9 Å². The molecule has 2 rings (SSSR count). The van der Waals surface area contributed by atoms with E-state index in [1.807, 2.05) is 37.5 Å². The summed E-state index contributed by atoms with van der Waals surface area (Å²) in [6.45, 7) is 2.14. The van der Waals surface area contributed by atoms with E-state index in [9.17, 15) is 0 Å². The van der Waals surface area contributed by atoms with Crippen molar-refractivity contribution < 1.29 is 9.47 Å². The quantitative estimate of drug-likeness (QED) is 0.880. The molecule has 5 nitrogen and oxygen atoms in total. The van der Waals surface area contributed by atoms with Crippen LogP contribution in [0.4, 0.5) is 5.82 Å². The Morgan fingerprint density at radius 2 is 1.95 bits per heavy atom. The van der Waals surface area contributed by atoms with Gasteiger partial charge in [-0.25, -0.2) is 0 Å². The maximum Gasteiger partial charge on any atom is 0.161 e. The van der Waals surface area contributed by atoms with E-state index in [-0.39, 0.29) is 6.04 Å². The van der Waals surface area contributed by atoms with Crippen molar-refractivity contribution in [2.24, 2.45) is 7.05 Å². The van der Waals surface area contributed by atoms with Crippen LogP contribution in [-0.2, 0) is 7.05 Å². The van der Waals surface area contributed by atoms with Crippen LogP contribution in [0.25, 0.3) is 0 Å². The minimum Gasteiger partial charge on any atom is -0.493 e. The van der Waals surface area contributed by atoms with Gasteiger partial charge in [0, 0.05) is 19.3 Å². The van der Waals surface area contributed by atoms with Gasteiger partial charge in [-0.2, -0.15) is 5.10 Å². The number of nitrogens with one attached hydrogen (secondary N) is 1. The number of aromatic nitrogens is 2. The van der Waals surface area contributed by atoms with Gasteiger partial charge in [-0.1, -0.05) is 13.0 Å². The average Bonchev–Trinajstić information content (AvgIpc) is 2.89. The Balaban J connectivity index is 2.22. The fourth-order valence-electron chi connectivity index (χ4n) is 2.16. The van der Waals surface area contributed by atoms with E-state index in [1.165, 1.54) is 0 Å². The van der Waals surface area contributed by atoms with Crippen LogP contribution in [-0.4, -0.2) is 24.0 Å². The summed E-state index contributed by atoms with van der Waals surface area (Å²) in [5.74, 6) is 2.35. The average molecular weight is 275 g/mol. The van der Waals surface area contributed by atoms with Crippen LogP contribution in [0.15, 0.2) is 30.5 Å². The van der Waals surface area contributed by atoms with Crippen molar-refractivity contribution in [1.82, 2.24) is 9.78 Å². The second kappa shape index (κ2) is 6.32. The summed E-state index contributed by atoms with van der Waals surface area (Å²) in [5, 5.41) is 7.78. The third-order valence-corrected chi connectivity index (χ3v) is 3.25. The number of nitrogens with zero attached hydrogens (tertiary/aromatic N) is 2. The van der Waals surface area contributed by atoms with Gasteiger partial charge >= 0.3 is 0 Å². The highest BCUT2D eigenvalue weighted by Gasteiger charge is 2.13. The molecule has 0 aliphatic carbocycles. The van der Waals surface area contributed by atoms with Crippen molar-refractivity contribution in [3.8, 4) is 11.5 Å². The van der Waals surface area contributed by atoms with Gasteiger partial charge in [0.25, 0.3) is 0 Å². The predicted molar refractivity (Wildman–Crippen MR) is 79.4 cm³/mol. The van der Waals surface area contributed by atoms with Gasteiger partial charge in [0.1, 0.15) is 5.82 Å². The van der Waals surface area contributed by atoms with Gasteiger partial charge in [0.2, 0.25) is 0 Å². The molecular formula is C15H21N3O2. The molecule has 0 spiro atoms. The van der Waals surface area contributed by atoms with Crippen LogP contribution in [0, 0.1) is 0 Å². The fraction of sp³-hybridized carbons (Fsp3) is 0.400. The number of benzene rings is 1. The molecule has 0 amide bonds. The van der Waals surface area contributed by atoms with Gasteiger partial charge in [-0.3, -0.25) is 4.68 Å². The van der Waals surface area contributed by atoms with E-state index in [1.54, 1.807) is 18.9 Å². The molecule has 2 aromatic rings. The standard InChI is InChI=1S/C15H21N3O2/c1-5-12(16-15-8-9-18(2)17-15)11-6-7-13(19-3)14(10-11)20-4/h6-10,12H,5H2,1-4H3,(H,16,17). The first-order valence-corrected chi connectivity index (χ1v) is 6.66. The first kappa shape index (κ1) is 14.2. The Bertz CT molecular complexity index is 566. The van der Waals surface area contributed by atoms with Crippen LogP contribution in [0.3, 0.4) is 0 Å². The summed E-state index contributed by atoms with van der Waals surface area (Å²) in [5.41, 5.74) is 1.15. The van der Waals surface area contributed by atoms with Crippen LogP contribution < -0.4 is 14.8 Å². The van der Waals surface area contributed by atoms with Crippen LogP contribution in [0.2, 0.25) is 0 Å². The second-order valence-corrected chi connectivity index (χ2v) is 4.59. The Hall–Kier alpha value is -2.17. The lowest BCUT2D eigenvalue weighted by molar-refractivity contribution is 0.354. The molecule has 0 aliphatic heterocycles. The number of rotatable bonds is 6. The van der Waals surface area contributed by atoms with Crippen molar-refractivity contribution in [2.75, 3.05) is 19.5 Å². The summed E-state index contributed by atoms with van der Waals surface area (Å²) in [6, 6.07) is 8.12. The van der Waals surface area contributed by atoms with Crippen molar-refractivity contribution in [2.45, 2.75) is 19.4 Å². The summed E-state index contributed by atoms with van der Waals surface area (Å²) in [4.78, 5) is 0. The lowest BCUT2D eigenvalue weighted by Gasteiger charge is -2.18.